The van der Waals surface area contributed by atoms with Gasteiger partial charge < -0.3 is 15.2 Å². The molecule has 18 heavy (non-hydrogen) atoms. The van der Waals surface area contributed by atoms with E-state index in [2.05, 4.69) is 34.2 Å². The lowest BCUT2D eigenvalue weighted by molar-refractivity contribution is 0.121. The predicted octanol–water partition coefficient (Wildman–Crippen LogP) is 3.02. The van der Waals surface area contributed by atoms with E-state index in [1.807, 2.05) is 13.0 Å². The standard InChI is InChI=1S/C14H22BrNO2/c1-4-5-16-8-12-7-13(15)6-10(2)14(12)18-9-11(3)17/h6-7,11,16-17H,4-5,8-9H2,1-3H3. The summed E-state index contributed by atoms with van der Waals surface area (Å²) in [7, 11) is 0. The largest absolute Gasteiger partial charge is 0.490 e. The van der Waals surface area contributed by atoms with E-state index in [4.69, 9.17) is 4.74 Å². The summed E-state index contributed by atoms with van der Waals surface area (Å²) in [6.07, 6.45) is 0.654. The minimum absolute atomic E-state index is 0.323. The Morgan fingerprint density at radius 3 is 2.78 bits per heavy atom. The van der Waals surface area contributed by atoms with Gasteiger partial charge in [0.15, 0.2) is 0 Å². The molecule has 0 aliphatic carbocycles. The number of halogens is 1. The Morgan fingerprint density at radius 2 is 2.17 bits per heavy atom. The summed E-state index contributed by atoms with van der Waals surface area (Å²) in [4.78, 5) is 0. The fourth-order valence-corrected chi connectivity index (χ4v) is 2.36. The Labute approximate surface area is 118 Å². The quantitative estimate of drug-likeness (QED) is 0.760. The van der Waals surface area contributed by atoms with Crippen LogP contribution in [0, 0.1) is 6.92 Å². The van der Waals surface area contributed by atoms with Crippen LogP contribution in [0.3, 0.4) is 0 Å². The Bertz CT molecular complexity index is 380. The van der Waals surface area contributed by atoms with E-state index < -0.39 is 6.10 Å². The molecule has 0 aromatic heterocycles. The zero-order valence-corrected chi connectivity index (χ0v) is 12.9. The maximum Gasteiger partial charge on any atom is 0.126 e. The van der Waals surface area contributed by atoms with Gasteiger partial charge in [-0.05, 0) is 44.5 Å². The van der Waals surface area contributed by atoms with Crippen LogP contribution in [0.4, 0.5) is 0 Å². The van der Waals surface area contributed by atoms with Crippen molar-refractivity contribution in [3.63, 3.8) is 0 Å². The minimum Gasteiger partial charge on any atom is -0.490 e. The van der Waals surface area contributed by atoms with Gasteiger partial charge in [-0.1, -0.05) is 22.9 Å². The number of benzene rings is 1. The first-order valence-electron chi connectivity index (χ1n) is 6.35. The van der Waals surface area contributed by atoms with Gasteiger partial charge in [0.25, 0.3) is 0 Å². The number of aliphatic hydroxyl groups is 1. The van der Waals surface area contributed by atoms with Gasteiger partial charge in [0.2, 0.25) is 0 Å². The van der Waals surface area contributed by atoms with Crippen molar-refractivity contribution in [1.82, 2.24) is 5.32 Å². The molecule has 0 radical (unpaired) electrons. The van der Waals surface area contributed by atoms with E-state index in [0.717, 1.165) is 40.9 Å². The van der Waals surface area contributed by atoms with Crippen molar-refractivity contribution >= 4 is 15.9 Å². The number of aliphatic hydroxyl groups excluding tert-OH is 1. The Kier molecular flexibility index (Phi) is 6.68. The van der Waals surface area contributed by atoms with Crippen LogP contribution in [0.5, 0.6) is 5.75 Å². The molecule has 1 aromatic rings. The highest BCUT2D eigenvalue weighted by Crippen LogP contribution is 2.28. The van der Waals surface area contributed by atoms with E-state index in [-0.39, 0.29) is 0 Å². The van der Waals surface area contributed by atoms with Gasteiger partial charge in [-0.15, -0.1) is 0 Å². The van der Waals surface area contributed by atoms with Gasteiger partial charge >= 0.3 is 0 Å². The van der Waals surface area contributed by atoms with E-state index >= 15 is 0 Å². The second-order valence-corrected chi connectivity index (χ2v) is 5.46. The number of nitrogens with one attached hydrogen (secondary N) is 1. The molecule has 0 saturated heterocycles. The molecule has 0 amide bonds. The average Bonchev–Trinajstić information content (AvgIpc) is 2.27. The molecule has 0 fully saturated rings. The number of hydrogen-bond acceptors (Lipinski definition) is 3. The lowest BCUT2D eigenvalue weighted by Gasteiger charge is -2.16. The summed E-state index contributed by atoms with van der Waals surface area (Å²) >= 11 is 3.50. The third-order valence-corrected chi connectivity index (χ3v) is 2.99. The third-order valence-electron chi connectivity index (χ3n) is 2.53. The highest BCUT2D eigenvalue weighted by Gasteiger charge is 2.10. The number of hydrogen-bond donors (Lipinski definition) is 2. The maximum atomic E-state index is 9.31. The Hall–Kier alpha value is -0.580. The highest BCUT2D eigenvalue weighted by atomic mass is 79.9. The van der Waals surface area contributed by atoms with Crippen molar-refractivity contribution in [3.05, 3.63) is 27.7 Å². The maximum absolute atomic E-state index is 9.31. The molecule has 2 N–H and O–H groups in total. The lowest BCUT2D eigenvalue weighted by atomic mass is 10.1. The second-order valence-electron chi connectivity index (χ2n) is 4.55. The summed E-state index contributed by atoms with van der Waals surface area (Å²) in [5.74, 6) is 0.878. The van der Waals surface area contributed by atoms with Crippen LogP contribution in [0.25, 0.3) is 0 Å². The van der Waals surface area contributed by atoms with Crippen molar-refractivity contribution in [3.8, 4) is 5.75 Å². The van der Waals surface area contributed by atoms with Crippen molar-refractivity contribution in [1.29, 1.82) is 0 Å². The van der Waals surface area contributed by atoms with Crippen molar-refractivity contribution in [2.45, 2.75) is 39.8 Å². The zero-order chi connectivity index (χ0) is 13.5. The summed E-state index contributed by atoms with van der Waals surface area (Å²) in [6.45, 7) is 7.98. The summed E-state index contributed by atoms with van der Waals surface area (Å²) < 4.78 is 6.76. The molecule has 0 saturated carbocycles. The first-order valence-corrected chi connectivity index (χ1v) is 7.14. The van der Waals surface area contributed by atoms with Crippen molar-refractivity contribution < 1.29 is 9.84 Å². The van der Waals surface area contributed by atoms with Crippen LogP contribution in [0.15, 0.2) is 16.6 Å². The molecule has 1 unspecified atom stereocenters. The molecular formula is C14H22BrNO2. The molecular weight excluding hydrogens is 294 g/mol. The van der Waals surface area contributed by atoms with Crippen LogP contribution in [0.2, 0.25) is 0 Å². The first-order chi connectivity index (χ1) is 8.54. The number of rotatable bonds is 7. The summed E-state index contributed by atoms with van der Waals surface area (Å²) in [5.41, 5.74) is 2.20. The average molecular weight is 316 g/mol. The monoisotopic (exact) mass is 315 g/mol. The molecule has 0 aliphatic heterocycles. The van der Waals surface area contributed by atoms with Crippen molar-refractivity contribution in [2.75, 3.05) is 13.2 Å². The Balaban J connectivity index is 2.83. The molecule has 1 aromatic carbocycles. The van der Waals surface area contributed by atoms with E-state index in [1.165, 1.54) is 0 Å². The number of aryl methyl sites for hydroxylation is 1. The third kappa shape index (κ3) is 4.96. The van der Waals surface area contributed by atoms with Crippen LogP contribution in [-0.2, 0) is 6.54 Å². The molecule has 102 valence electrons. The normalized spacial score (nSPS) is 12.5. The first kappa shape index (κ1) is 15.5. The number of ether oxygens (including phenoxy) is 1. The fourth-order valence-electron chi connectivity index (χ4n) is 1.74. The van der Waals surface area contributed by atoms with Crippen molar-refractivity contribution in [2.24, 2.45) is 0 Å². The van der Waals surface area contributed by atoms with Gasteiger partial charge in [0, 0.05) is 16.6 Å². The minimum atomic E-state index is -0.454. The molecule has 1 atom stereocenters. The molecule has 1 rings (SSSR count). The van der Waals surface area contributed by atoms with E-state index in [9.17, 15) is 5.11 Å². The van der Waals surface area contributed by atoms with Gasteiger partial charge in [0.05, 0.1) is 6.10 Å². The van der Waals surface area contributed by atoms with E-state index in [1.54, 1.807) is 6.92 Å². The van der Waals surface area contributed by atoms with Crippen LogP contribution in [0.1, 0.15) is 31.4 Å². The van der Waals surface area contributed by atoms with Crippen LogP contribution in [-0.4, -0.2) is 24.4 Å². The van der Waals surface area contributed by atoms with Crippen LogP contribution >= 0.6 is 15.9 Å². The topological polar surface area (TPSA) is 41.5 Å². The van der Waals surface area contributed by atoms with Gasteiger partial charge in [-0.2, -0.15) is 0 Å². The Morgan fingerprint density at radius 1 is 1.44 bits per heavy atom. The predicted molar refractivity (Wildman–Crippen MR) is 78.1 cm³/mol. The summed E-state index contributed by atoms with van der Waals surface area (Å²) in [5, 5.41) is 12.7. The van der Waals surface area contributed by atoms with Crippen LogP contribution < -0.4 is 10.1 Å². The summed E-state index contributed by atoms with van der Waals surface area (Å²) in [6, 6.07) is 4.09. The van der Waals surface area contributed by atoms with Gasteiger partial charge in [-0.3, -0.25) is 0 Å². The second kappa shape index (κ2) is 7.77. The fraction of sp³-hybridized carbons (Fsp3) is 0.571. The molecule has 0 spiro atoms. The molecule has 0 aliphatic rings. The SMILES string of the molecule is CCCNCc1cc(Br)cc(C)c1OCC(C)O. The lowest BCUT2D eigenvalue weighted by Crippen LogP contribution is -2.18. The molecule has 4 heteroatoms. The zero-order valence-electron chi connectivity index (χ0n) is 11.3. The smallest absolute Gasteiger partial charge is 0.126 e. The van der Waals surface area contributed by atoms with E-state index in [0.29, 0.717) is 6.61 Å². The van der Waals surface area contributed by atoms with Gasteiger partial charge in [0.1, 0.15) is 12.4 Å². The molecule has 3 nitrogen and oxygen atoms in total. The highest BCUT2D eigenvalue weighted by molar-refractivity contribution is 9.10. The van der Waals surface area contributed by atoms with Gasteiger partial charge in [-0.25, -0.2) is 0 Å². The molecule has 0 bridgehead atoms. The molecule has 0 heterocycles.